The van der Waals surface area contributed by atoms with E-state index >= 15 is 0 Å². The molecule has 2 aromatic carbocycles. The predicted octanol–water partition coefficient (Wildman–Crippen LogP) is 3.71. The Morgan fingerprint density at radius 3 is 2.48 bits per heavy atom. The zero-order valence-electron chi connectivity index (χ0n) is 15.9. The van der Waals surface area contributed by atoms with Gasteiger partial charge < -0.3 is 9.26 Å². The number of hydrogen-bond acceptors (Lipinski definition) is 6. The van der Waals surface area contributed by atoms with Crippen molar-refractivity contribution < 1.29 is 28.0 Å². The van der Waals surface area contributed by atoms with Gasteiger partial charge in [-0.2, -0.15) is 0 Å². The smallest absolute Gasteiger partial charge is 0.344 e. The highest BCUT2D eigenvalue weighted by Gasteiger charge is 2.27. The van der Waals surface area contributed by atoms with Crippen LogP contribution in [0.1, 0.15) is 26.5 Å². The Labute approximate surface area is 185 Å². The molecule has 0 aliphatic heterocycles. The Morgan fingerprint density at radius 1 is 1.06 bits per heavy atom. The number of aryl methyl sites for hydroxylation is 1. The van der Waals surface area contributed by atoms with Crippen molar-refractivity contribution in [3.8, 4) is 11.3 Å². The van der Waals surface area contributed by atoms with Gasteiger partial charge in [0, 0.05) is 0 Å². The number of hydrogen-bond donors (Lipinski definition) is 2. The fraction of sp³-hybridized carbons (Fsp3) is 0.100. The molecule has 3 aromatic rings. The summed E-state index contributed by atoms with van der Waals surface area (Å²) in [7, 11) is 0. The molecule has 3 rings (SSSR count). The van der Waals surface area contributed by atoms with Crippen molar-refractivity contribution >= 4 is 41.0 Å². The third-order valence-electron chi connectivity index (χ3n) is 4.03. The van der Waals surface area contributed by atoms with Gasteiger partial charge >= 0.3 is 5.97 Å². The Kier molecular flexibility index (Phi) is 6.88. The molecule has 11 heteroatoms. The van der Waals surface area contributed by atoms with Gasteiger partial charge in [-0.1, -0.05) is 46.6 Å². The van der Waals surface area contributed by atoms with E-state index < -0.39 is 30.2 Å². The first-order chi connectivity index (χ1) is 14.8. The van der Waals surface area contributed by atoms with Gasteiger partial charge in [0.05, 0.1) is 21.2 Å². The summed E-state index contributed by atoms with van der Waals surface area (Å²) < 4.78 is 24.1. The van der Waals surface area contributed by atoms with Crippen LogP contribution in [0.2, 0.25) is 10.0 Å². The molecule has 0 unspecified atom stereocenters. The average molecular weight is 466 g/mol. The summed E-state index contributed by atoms with van der Waals surface area (Å²) in [6.45, 7) is 0.683. The van der Waals surface area contributed by atoms with E-state index in [-0.39, 0.29) is 38.2 Å². The van der Waals surface area contributed by atoms with Crippen molar-refractivity contribution in [2.45, 2.75) is 6.92 Å². The first kappa shape index (κ1) is 22.3. The highest BCUT2D eigenvalue weighted by molar-refractivity contribution is 6.34. The standard InChI is InChI=1S/C20H14Cl2FN3O5/c1-10-16(18(26-31-10)17-13(22)7-4-8-14(17)23)20(29)30-9-15(27)24-25-19(28)11-5-2-3-6-12(11)21/h2-8H,9H2,1H3,(H,24,27)(H,25,28). The second-order valence-electron chi connectivity index (χ2n) is 6.12. The molecule has 0 spiro atoms. The number of benzene rings is 2. The number of carbonyl (C=O) groups excluding carboxylic acids is 3. The highest BCUT2D eigenvalue weighted by atomic mass is 35.5. The second-order valence-corrected chi connectivity index (χ2v) is 6.93. The lowest BCUT2D eigenvalue weighted by Gasteiger charge is -2.09. The van der Waals surface area contributed by atoms with Crippen LogP contribution in [0.5, 0.6) is 0 Å². The fourth-order valence-corrected chi connectivity index (χ4v) is 3.06. The van der Waals surface area contributed by atoms with Crippen LogP contribution in [0.25, 0.3) is 11.3 Å². The summed E-state index contributed by atoms with van der Waals surface area (Å²) in [5, 5.41) is 3.90. The lowest BCUT2D eigenvalue weighted by Crippen LogP contribution is -2.43. The van der Waals surface area contributed by atoms with E-state index in [9.17, 15) is 18.8 Å². The highest BCUT2D eigenvalue weighted by Crippen LogP contribution is 2.33. The van der Waals surface area contributed by atoms with Gasteiger partial charge in [-0.05, 0) is 31.2 Å². The van der Waals surface area contributed by atoms with Gasteiger partial charge in [-0.3, -0.25) is 20.4 Å². The van der Waals surface area contributed by atoms with Gasteiger partial charge in [0.15, 0.2) is 6.61 Å². The van der Waals surface area contributed by atoms with Gasteiger partial charge in [-0.25, -0.2) is 9.18 Å². The quantitative estimate of drug-likeness (QED) is 0.438. The molecule has 31 heavy (non-hydrogen) atoms. The number of aromatic nitrogens is 1. The SMILES string of the molecule is Cc1onc(-c2c(F)cccc2Cl)c1C(=O)OCC(=O)NNC(=O)c1ccccc1Cl. The molecular weight excluding hydrogens is 452 g/mol. The lowest BCUT2D eigenvalue weighted by molar-refractivity contribution is -0.125. The predicted molar refractivity (Wildman–Crippen MR) is 109 cm³/mol. The summed E-state index contributed by atoms with van der Waals surface area (Å²) in [4.78, 5) is 36.4. The zero-order valence-corrected chi connectivity index (χ0v) is 17.4. The van der Waals surface area contributed by atoms with Gasteiger partial charge in [0.1, 0.15) is 22.8 Å². The van der Waals surface area contributed by atoms with Crippen molar-refractivity contribution in [2.75, 3.05) is 6.61 Å². The minimum Gasteiger partial charge on any atom is -0.452 e. The van der Waals surface area contributed by atoms with E-state index in [1.165, 1.54) is 31.2 Å². The third kappa shape index (κ3) is 5.01. The Hall–Kier alpha value is -3.43. The number of hydrazine groups is 1. The minimum atomic E-state index is -0.986. The molecule has 0 aliphatic rings. The van der Waals surface area contributed by atoms with Crippen LogP contribution in [0.3, 0.4) is 0 Å². The van der Waals surface area contributed by atoms with Crippen molar-refractivity contribution in [1.82, 2.24) is 16.0 Å². The monoisotopic (exact) mass is 465 g/mol. The van der Waals surface area contributed by atoms with E-state index in [0.717, 1.165) is 6.07 Å². The maximum atomic E-state index is 14.2. The van der Waals surface area contributed by atoms with Crippen LogP contribution in [0.15, 0.2) is 47.0 Å². The Balaban J connectivity index is 1.64. The molecular formula is C20H14Cl2FN3O5. The number of rotatable bonds is 5. The summed E-state index contributed by atoms with van der Waals surface area (Å²) in [6, 6.07) is 10.2. The number of nitrogens with one attached hydrogen (secondary N) is 2. The summed E-state index contributed by atoms with van der Waals surface area (Å²) in [5.41, 5.74) is 3.92. The van der Waals surface area contributed by atoms with Crippen LogP contribution in [-0.4, -0.2) is 29.5 Å². The molecule has 1 heterocycles. The molecule has 0 atom stereocenters. The Morgan fingerprint density at radius 2 is 1.77 bits per heavy atom. The van der Waals surface area contributed by atoms with Gasteiger partial charge in [0.2, 0.25) is 0 Å². The van der Waals surface area contributed by atoms with Crippen LogP contribution in [-0.2, 0) is 9.53 Å². The van der Waals surface area contributed by atoms with Crippen molar-refractivity contribution in [2.24, 2.45) is 0 Å². The van der Waals surface area contributed by atoms with Crippen LogP contribution < -0.4 is 10.9 Å². The number of ether oxygens (including phenoxy) is 1. The summed E-state index contributed by atoms with van der Waals surface area (Å²) in [6.07, 6.45) is 0. The van der Waals surface area contributed by atoms with Crippen LogP contribution >= 0.6 is 23.2 Å². The zero-order chi connectivity index (χ0) is 22.5. The van der Waals surface area contributed by atoms with Crippen LogP contribution in [0, 0.1) is 12.7 Å². The van der Waals surface area contributed by atoms with Crippen molar-refractivity contribution in [1.29, 1.82) is 0 Å². The average Bonchev–Trinajstić information content (AvgIpc) is 3.11. The van der Waals surface area contributed by atoms with E-state index in [1.54, 1.807) is 12.1 Å². The van der Waals surface area contributed by atoms with E-state index in [1.807, 2.05) is 0 Å². The molecule has 0 radical (unpaired) electrons. The van der Waals surface area contributed by atoms with Crippen molar-refractivity contribution in [3.05, 3.63) is 75.2 Å². The number of halogens is 3. The first-order valence-corrected chi connectivity index (χ1v) is 9.46. The lowest BCUT2D eigenvalue weighted by atomic mass is 10.1. The maximum absolute atomic E-state index is 14.2. The molecule has 0 fully saturated rings. The molecule has 0 saturated carbocycles. The number of nitrogens with zero attached hydrogens (tertiary/aromatic N) is 1. The Bertz CT molecular complexity index is 1150. The molecule has 0 bridgehead atoms. The fourth-order valence-electron chi connectivity index (χ4n) is 2.59. The summed E-state index contributed by atoms with van der Waals surface area (Å²) in [5.74, 6) is -3.13. The number of carbonyl (C=O) groups is 3. The van der Waals surface area contributed by atoms with E-state index in [0.29, 0.717) is 0 Å². The van der Waals surface area contributed by atoms with Crippen LogP contribution in [0.4, 0.5) is 4.39 Å². The number of amides is 2. The van der Waals surface area contributed by atoms with Gasteiger partial charge in [-0.15, -0.1) is 0 Å². The summed E-state index contributed by atoms with van der Waals surface area (Å²) >= 11 is 11.9. The molecule has 2 amide bonds. The van der Waals surface area contributed by atoms with E-state index in [4.69, 9.17) is 32.5 Å². The normalized spacial score (nSPS) is 10.5. The molecule has 1 aromatic heterocycles. The first-order valence-electron chi connectivity index (χ1n) is 8.71. The van der Waals surface area contributed by atoms with E-state index in [2.05, 4.69) is 16.0 Å². The van der Waals surface area contributed by atoms with Crippen molar-refractivity contribution in [3.63, 3.8) is 0 Å². The second kappa shape index (κ2) is 9.59. The molecule has 2 N–H and O–H groups in total. The van der Waals surface area contributed by atoms with Gasteiger partial charge in [0.25, 0.3) is 11.8 Å². The largest absolute Gasteiger partial charge is 0.452 e. The topological polar surface area (TPSA) is 111 Å². The number of esters is 1. The minimum absolute atomic E-state index is 0.0161. The molecule has 0 saturated heterocycles. The molecule has 160 valence electrons. The third-order valence-corrected chi connectivity index (χ3v) is 4.68. The molecule has 8 nitrogen and oxygen atoms in total. The molecule has 0 aliphatic carbocycles. The maximum Gasteiger partial charge on any atom is 0.344 e.